The standard InChI is InChI=1S/C11H15N3O2S/c1-13-10(15)4-3-9(12-13)11(16)14-6-5-8(7-14)17-2/h3-4,8H,5-7H2,1-2H3/t8-/m0/s1. The molecular weight excluding hydrogens is 238 g/mol. The Morgan fingerprint density at radius 1 is 1.53 bits per heavy atom. The Labute approximate surface area is 104 Å². The molecule has 2 rings (SSSR count). The van der Waals surface area contributed by atoms with Crippen LogP contribution in [0.2, 0.25) is 0 Å². The molecular formula is C11H15N3O2S. The normalized spacial score (nSPS) is 19.6. The maximum atomic E-state index is 12.1. The van der Waals surface area contributed by atoms with Crippen LogP contribution in [0.3, 0.4) is 0 Å². The van der Waals surface area contributed by atoms with E-state index in [9.17, 15) is 9.59 Å². The number of likely N-dealkylation sites (tertiary alicyclic amines) is 1. The summed E-state index contributed by atoms with van der Waals surface area (Å²) in [6.07, 6.45) is 3.09. The van der Waals surface area contributed by atoms with E-state index in [0.717, 1.165) is 19.5 Å². The van der Waals surface area contributed by atoms with Crippen LogP contribution in [0.5, 0.6) is 0 Å². The molecule has 2 heterocycles. The Morgan fingerprint density at radius 2 is 2.29 bits per heavy atom. The number of carbonyl (C=O) groups is 1. The molecule has 1 atom stereocenters. The number of thioether (sulfide) groups is 1. The zero-order chi connectivity index (χ0) is 12.4. The number of nitrogens with zero attached hydrogens (tertiary/aromatic N) is 3. The fourth-order valence-corrected chi connectivity index (χ4v) is 2.55. The highest BCUT2D eigenvalue weighted by Crippen LogP contribution is 2.21. The van der Waals surface area contributed by atoms with Crippen LogP contribution in [0, 0.1) is 0 Å². The van der Waals surface area contributed by atoms with Crippen molar-refractivity contribution in [3.8, 4) is 0 Å². The van der Waals surface area contributed by atoms with Gasteiger partial charge in [-0.15, -0.1) is 0 Å². The predicted molar refractivity (Wildman–Crippen MR) is 67.3 cm³/mol. The minimum absolute atomic E-state index is 0.0860. The first-order valence-electron chi connectivity index (χ1n) is 5.48. The average Bonchev–Trinajstić information content (AvgIpc) is 2.80. The van der Waals surface area contributed by atoms with Gasteiger partial charge in [-0.25, -0.2) is 4.68 Å². The van der Waals surface area contributed by atoms with Crippen LogP contribution in [0.1, 0.15) is 16.9 Å². The van der Waals surface area contributed by atoms with Gasteiger partial charge in [0.2, 0.25) is 0 Å². The summed E-state index contributed by atoms with van der Waals surface area (Å²) in [6, 6.07) is 2.87. The number of hydrogen-bond donors (Lipinski definition) is 0. The maximum Gasteiger partial charge on any atom is 0.274 e. The third kappa shape index (κ3) is 2.52. The van der Waals surface area contributed by atoms with Crippen molar-refractivity contribution < 1.29 is 4.79 Å². The summed E-state index contributed by atoms with van der Waals surface area (Å²) in [5.41, 5.74) is 0.138. The Hall–Kier alpha value is -1.30. The molecule has 1 saturated heterocycles. The predicted octanol–water partition coefficient (Wildman–Crippen LogP) is 0.358. The van der Waals surface area contributed by atoms with E-state index in [4.69, 9.17) is 0 Å². The molecule has 0 saturated carbocycles. The summed E-state index contributed by atoms with van der Waals surface area (Å²) in [6.45, 7) is 1.54. The number of aryl methyl sites for hydroxylation is 1. The molecule has 1 aliphatic heterocycles. The fraction of sp³-hybridized carbons (Fsp3) is 0.545. The zero-order valence-corrected chi connectivity index (χ0v) is 10.7. The molecule has 0 unspecified atom stereocenters. The van der Waals surface area contributed by atoms with Gasteiger partial charge in [-0.3, -0.25) is 9.59 Å². The largest absolute Gasteiger partial charge is 0.336 e. The first-order valence-corrected chi connectivity index (χ1v) is 6.77. The molecule has 92 valence electrons. The molecule has 0 aliphatic carbocycles. The van der Waals surface area contributed by atoms with E-state index < -0.39 is 0 Å². The summed E-state index contributed by atoms with van der Waals surface area (Å²) >= 11 is 1.78. The van der Waals surface area contributed by atoms with Gasteiger partial charge in [-0.2, -0.15) is 16.9 Å². The highest BCUT2D eigenvalue weighted by Gasteiger charge is 2.27. The molecule has 1 amide bonds. The summed E-state index contributed by atoms with van der Waals surface area (Å²) in [5, 5.41) is 4.49. The van der Waals surface area contributed by atoms with E-state index in [1.54, 1.807) is 23.7 Å². The third-order valence-corrected chi connectivity index (χ3v) is 4.00. The SMILES string of the molecule is CS[C@H]1CCN(C(=O)c2ccc(=O)n(C)n2)C1. The van der Waals surface area contributed by atoms with E-state index in [0.29, 0.717) is 10.9 Å². The first kappa shape index (κ1) is 12.2. The van der Waals surface area contributed by atoms with E-state index in [-0.39, 0.29) is 11.5 Å². The maximum absolute atomic E-state index is 12.1. The van der Waals surface area contributed by atoms with Crippen LogP contribution in [0.25, 0.3) is 0 Å². The average molecular weight is 253 g/mol. The Bertz CT molecular complexity index is 486. The summed E-state index contributed by atoms with van der Waals surface area (Å²) < 4.78 is 1.19. The second kappa shape index (κ2) is 4.91. The molecule has 5 nitrogen and oxygen atoms in total. The lowest BCUT2D eigenvalue weighted by Gasteiger charge is -2.15. The van der Waals surface area contributed by atoms with Crippen molar-refractivity contribution in [1.82, 2.24) is 14.7 Å². The lowest BCUT2D eigenvalue weighted by atomic mass is 10.3. The van der Waals surface area contributed by atoms with Gasteiger partial charge in [0.15, 0.2) is 0 Å². The Kier molecular flexibility index (Phi) is 3.51. The van der Waals surface area contributed by atoms with E-state index in [1.165, 1.54) is 16.8 Å². The van der Waals surface area contributed by atoms with Gasteiger partial charge in [0, 0.05) is 31.5 Å². The molecule has 17 heavy (non-hydrogen) atoms. The first-order chi connectivity index (χ1) is 8.11. The topological polar surface area (TPSA) is 55.2 Å². The van der Waals surface area contributed by atoms with Crippen molar-refractivity contribution in [1.29, 1.82) is 0 Å². The minimum atomic E-state index is -0.204. The number of carbonyl (C=O) groups excluding carboxylic acids is 1. The Balaban J connectivity index is 2.15. The van der Waals surface area contributed by atoms with Crippen LogP contribution >= 0.6 is 11.8 Å². The minimum Gasteiger partial charge on any atom is -0.336 e. The molecule has 1 fully saturated rings. The van der Waals surface area contributed by atoms with Crippen LogP contribution in [-0.2, 0) is 7.05 Å². The van der Waals surface area contributed by atoms with Gasteiger partial charge < -0.3 is 4.90 Å². The molecule has 1 aliphatic rings. The zero-order valence-electron chi connectivity index (χ0n) is 9.92. The summed E-state index contributed by atoms with van der Waals surface area (Å²) in [5.74, 6) is -0.0860. The fourth-order valence-electron chi connectivity index (χ4n) is 1.88. The van der Waals surface area contributed by atoms with Crippen molar-refractivity contribution in [3.05, 3.63) is 28.2 Å². The Morgan fingerprint density at radius 3 is 2.88 bits per heavy atom. The second-order valence-electron chi connectivity index (χ2n) is 4.08. The van der Waals surface area contributed by atoms with Crippen molar-refractivity contribution in [2.24, 2.45) is 7.05 Å². The number of amides is 1. The van der Waals surface area contributed by atoms with Crippen molar-refractivity contribution in [2.45, 2.75) is 11.7 Å². The van der Waals surface area contributed by atoms with E-state index in [2.05, 4.69) is 11.4 Å². The van der Waals surface area contributed by atoms with Crippen molar-refractivity contribution in [3.63, 3.8) is 0 Å². The summed E-state index contributed by atoms with van der Waals surface area (Å²) in [7, 11) is 1.55. The molecule has 0 aromatic carbocycles. The van der Waals surface area contributed by atoms with Crippen LogP contribution in [-0.4, -0.2) is 45.2 Å². The van der Waals surface area contributed by atoms with Gasteiger partial charge >= 0.3 is 0 Å². The highest BCUT2D eigenvalue weighted by molar-refractivity contribution is 7.99. The summed E-state index contributed by atoms with van der Waals surface area (Å²) in [4.78, 5) is 25.1. The van der Waals surface area contributed by atoms with Crippen LogP contribution < -0.4 is 5.56 Å². The highest BCUT2D eigenvalue weighted by atomic mass is 32.2. The molecule has 1 aromatic rings. The number of rotatable bonds is 2. The van der Waals surface area contributed by atoms with Crippen molar-refractivity contribution in [2.75, 3.05) is 19.3 Å². The van der Waals surface area contributed by atoms with Crippen LogP contribution in [0.15, 0.2) is 16.9 Å². The van der Waals surface area contributed by atoms with Crippen molar-refractivity contribution >= 4 is 17.7 Å². The number of hydrogen-bond acceptors (Lipinski definition) is 4. The van der Waals surface area contributed by atoms with Gasteiger partial charge in [0.25, 0.3) is 11.5 Å². The molecule has 0 bridgehead atoms. The van der Waals surface area contributed by atoms with Gasteiger partial charge in [0.05, 0.1) is 0 Å². The molecule has 6 heteroatoms. The quantitative estimate of drug-likeness (QED) is 0.763. The molecule has 0 radical (unpaired) electrons. The van der Waals surface area contributed by atoms with Gasteiger partial charge in [-0.1, -0.05) is 0 Å². The van der Waals surface area contributed by atoms with Gasteiger partial charge in [-0.05, 0) is 18.7 Å². The second-order valence-corrected chi connectivity index (χ2v) is 5.22. The smallest absolute Gasteiger partial charge is 0.274 e. The lowest BCUT2D eigenvalue weighted by Crippen LogP contribution is -2.32. The number of aromatic nitrogens is 2. The lowest BCUT2D eigenvalue weighted by molar-refractivity contribution is 0.0785. The third-order valence-electron chi connectivity index (χ3n) is 2.95. The molecule has 0 N–H and O–H groups in total. The molecule has 0 spiro atoms. The monoisotopic (exact) mass is 253 g/mol. The van der Waals surface area contributed by atoms with E-state index in [1.807, 2.05) is 0 Å². The van der Waals surface area contributed by atoms with Crippen LogP contribution in [0.4, 0.5) is 0 Å². The van der Waals surface area contributed by atoms with E-state index >= 15 is 0 Å². The molecule has 1 aromatic heterocycles. The van der Waals surface area contributed by atoms with Gasteiger partial charge in [0.1, 0.15) is 5.69 Å².